The minimum atomic E-state index is -3.63. The van der Waals surface area contributed by atoms with Crippen LogP contribution in [0.4, 0.5) is 5.69 Å². The normalized spacial score (nSPS) is 19.1. The number of nitrogens with zero attached hydrogens (tertiary/aromatic N) is 3. The minimum Gasteiger partial charge on any atom is -0.480 e. The molecule has 1 N–H and O–H groups in total. The molecular weight excluding hydrogens is 346 g/mol. The molecule has 1 fully saturated rings. The third-order valence-electron chi connectivity index (χ3n) is 3.42. The number of halogens is 1. The summed E-state index contributed by atoms with van der Waals surface area (Å²) >= 11 is 6.12. The molecule has 1 aromatic heterocycles. The highest BCUT2D eigenvalue weighted by Crippen LogP contribution is 2.26. The van der Waals surface area contributed by atoms with Gasteiger partial charge in [-0.25, -0.2) is 8.42 Å². The van der Waals surface area contributed by atoms with E-state index < -0.39 is 28.6 Å². The Labute approximate surface area is 139 Å². The second-order valence-corrected chi connectivity index (χ2v) is 7.60. The average molecular weight is 364 g/mol. The van der Waals surface area contributed by atoms with Crippen LogP contribution in [-0.4, -0.2) is 73.9 Å². The molecule has 1 aliphatic rings. The topological polar surface area (TPSA) is 100 Å². The van der Waals surface area contributed by atoms with Gasteiger partial charge in [-0.15, -0.1) is 0 Å². The van der Waals surface area contributed by atoms with Gasteiger partial charge in [-0.05, 0) is 6.07 Å². The van der Waals surface area contributed by atoms with Crippen molar-refractivity contribution in [2.75, 3.05) is 43.9 Å². The monoisotopic (exact) mass is 363 g/mol. The van der Waals surface area contributed by atoms with Gasteiger partial charge in [-0.2, -0.15) is 4.31 Å². The van der Waals surface area contributed by atoms with E-state index in [1.54, 1.807) is 12.3 Å². The lowest BCUT2D eigenvalue weighted by atomic mass is 10.2. The molecule has 0 saturated carbocycles. The van der Waals surface area contributed by atoms with E-state index in [-0.39, 0.29) is 6.54 Å². The number of hydrogen-bond donors (Lipinski definition) is 1. The van der Waals surface area contributed by atoms with Gasteiger partial charge in [0.05, 0.1) is 29.7 Å². The minimum absolute atomic E-state index is 0.0235. The smallest absolute Gasteiger partial charge is 0.318 e. The van der Waals surface area contributed by atoms with Crippen LogP contribution in [0.25, 0.3) is 0 Å². The van der Waals surface area contributed by atoms with E-state index >= 15 is 0 Å². The van der Waals surface area contributed by atoms with E-state index in [0.29, 0.717) is 24.7 Å². The number of sulfonamides is 1. The summed E-state index contributed by atoms with van der Waals surface area (Å²) in [7, 11) is -3.63. The summed E-state index contributed by atoms with van der Waals surface area (Å²) in [6.07, 6.45) is 3.70. The second-order valence-electron chi connectivity index (χ2n) is 5.22. The first-order chi connectivity index (χ1) is 10.8. The number of aliphatic carboxylic acids is 1. The summed E-state index contributed by atoms with van der Waals surface area (Å²) in [5.74, 6) is -1.21. The molecule has 0 aliphatic carbocycles. The van der Waals surface area contributed by atoms with Crippen molar-refractivity contribution < 1.29 is 23.1 Å². The van der Waals surface area contributed by atoms with E-state index in [0.717, 1.165) is 16.2 Å². The number of rotatable bonds is 6. The van der Waals surface area contributed by atoms with Crippen molar-refractivity contribution in [2.45, 2.75) is 6.10 Å². The zero-order valence-corrected chi connectivity index (χ0v) is 14.1. The number of carbonyl (C=O) groups is 1. The Morgan fingerprint density at radius 2 is 2.35 bits per heavy atom. The Morgan fingerprint density at radius 3 is 2.96 bits per heavy atom. The van der Waals surface area contributed by atoms with Crippen molar-refractivity contribution >= 4 is 33.3 Å². The number of carboxylic acid groups (broad SMARTS) is 1. The fourth-order valence-corrected chi connectivity index (χ4v) is 3.39. The van der Waals surface area contributed by atoms with Gasteiger partial charge in [0.15, 0.2) is 0 Å². The predicted molar refractivity (Wildman–Crippen MR) is 85.3 cm³/mol. The maximum absolute atomic E-state index is 11.7. The zero-order chi connectivity index (χ0) is 17.0. The standard InChI is InChI=1S/C13H18ClN3O5S/c1-23(20,21)17(9-13(18)19)8-10-7-16(4-5-22-10)12-2-3-15-6-11(12)14/h2-3,6,10H,4-5,7-9H2,1H3,(H,18,19). The number of carboxylic acids is 1. The Hall–Kier alpha value is -1.42. The number of aromatic nitrogens is 1. The second kappa shape index (κ2) is 7.43. The largest absolute Gasteiger partial charge is 0.480 e. The summed E-state index contributed by atoms with van der Waals surface area (Å²) in [5.41, 5.74) is 0.791. The van der Waals surface area contributed by atoms with Crippen LogP contribution in [-0.2, 0) is 19.6 Å². The molecule has 0 amide bonds. The van der Waals surface area contributed by atoms with Crippen molar-refractivity contribution in [3.8, 4) is 0 Å². The van der Waals surface area contributed by atoms with Gasteiger partial charge < -0.3 is 14.7 Å². The highest BCUT2D eigenvalue weighted by molar-refractivity contribution is 7.88. The first-order valence-corrected chi connectivity index (χ1v) is 9.13. The molecular formula is C13H18ClN3O5S. The molecule has 0 bridgehead atoms. The number of morpholine rings is 1. The highest BCUT2D eigenvalue weighted by atomic mass is 35.5. The molecule has 8 nitrogen and oxygen atoms in total. The SMILES string of the molecule is CS(=O)(=O)N(CC(=O)O)CC1CN(c2ccncc2Cl)CCO1. The van der Waals surface area contributed by atoms with Crippen molar-refractivity contribution in [3.05, 3.63) is 23.5 Å². The third kappa shape index (κ3) is 5.03. The number of anilines is 1. The van der Waals surface area contributed by atoms with Crippen LogP contribution in [0.3, 0.4) is 0 Å². The fraction of sp³-hybridized carbons (Fsp3) is 0.538. The first-order valence-electron chi connectivity index (χ1n) is 6.90. The first kappa shape index (κ1) is 17.9. The summed E-state index contributed by atoms with van der Waals surface area (Å²) in [5, 5.41) is 9.36. The fourth-order valence-electron chi connectivity index (χ4n) is 2.37. The molecule has 1 atom stereocenters. The number of hydrogen-bond acceptors (Lipinski definition) is 6. The molecule has 23 heavy (non-hydrogen) atoms. The van der Waals surface area contributed by atoms with Crippen LogP contribution < -0.4 is 4.90 Å². The lowest BCUT2D eigenvalue weighted by Gasteiger charge is -2.36. The van der Waals surface area contributed by atoms with Crippen LogP contribution in [0.1, 0.15) is 0 Å². The van der Waals surface area contributed by atoms with Crippen LogP contribution in [0, 0.1) is 0 Å². The zero-order valence-electron chi connectivity index (χ0n) is 12.6. The van der Waals surface area contributed by atoms with Gasteiger partial charge in [0.25, 0.3) is 0 Å². The van der Waals surface area contributed by atoms with E-state index in [9.17, 15) is 13.2 Å². The lowest BCUT2D eigenvalue weighted by Crippen LogP contribution is -2.49. The lowest BCUT2D eigenvalue weighted by molar-refractivity contribution is -0.137. The molecule has 2 rings (SSSR count). The highest BCUT2D eigenvalue weighted by Gasteiger charge is 2.28. The summed E-state index contributed by atoms with van der Waals surface area (Å²) < 4.78 is 29.9. The van der Waals surface area contributed by atoms with Crippen LogP contribution >= 0.6 is 11.6 Å². The van der Waals surface area contributed by atoms with Crippen LogP contribution in [0.5, 0.6) is 0 Å². The van der Waals surface area contributed by atoms with Gasteiger partial charge in [0.1, 0.15) is 6.54 Å². The molecule has 1 aromatic rings. The maximum Gasteiger partial charge on any atom is 0.318 e. The maximum atomic E-state index is 11.7. The number of ether oxygens (including phenoxy) is 1. The molecule has 1 saturated heterocycles. The molecule has 2 heterocycles. The quantitative estimate of drug-likeness (QED) is 0.775. The molecule has 10 heteroatoms. The van der Waals surface area contributed by atoms with Gasteiger partial charge in [-0.3, -0.25) is 9.78 Å². The Bertz CT molecular complexity index is 669. The Morgan fingerprint density at radius 1 is 1.61 bits per heavy atom. The molecule has 0 radical (unpaired) electrons. The van der Waals surface area contributed by atoms with Crippen molar-refractivity contribution in [1.29, 1.82) is 0 Å². The van der Waals surface area contributed by atoms with Crippen LogP contribution in [0.2, 0.25) is 5.02 Å². The molecule has 0 aromatic carbocycles. The third-order valence-corrected chi connectivity index (χ3v) is 4.93. The van der Waals surface area contributed by atoms with E-state index in [1.807, 2.05) is 4.90 Å². The van der Waals surface area contributed by atoms with E-state index in [1.165, 1.54) is 6.20 Å². The molecule has 1 aliphatic heterocycles. The van der Waals surface area contributed by atoms with E-state index in [4.69, 9.17) is 21.4 Å². The van der Waals surface area contributed by atoms with Gasteiger partial charge in [0, 0.05) is 32.0 Å². The molecule has 0 spiro atoms. The molecule has 1 unspecified atom stereocenters. The predicted octanol–water partition coefficient (Wildman–Crippen LogP) is 0.286. The van der Waals surface area contributed by atoms with Gasteiger partial charge in [0.2, 0.25) is 10.0 Å². The van der Waals surface area contributed by atoms with Crippen molar-refractivity contribution in [2.24, 2.45) is 0 Å². The average Bonchev–Trinajstić information content (AvgIpc) is 2.46. The summed E-state index contributed by atoms with van der Waals surface area (Å²) in [6, 6.07) is 1.77. The summed E-state index contributed by atoms with van der Waals surface area (Å²) in [4.78, 5) is 16.7. The van der Waals surface area contributed by atoms with Crippen molar-refractivity contribution in [1.82, 2.24) is 9.29 Å². The Kier molecular flexibility index (Phi) is 5.79. The van der Waals surface area contributed by atoms with Gasteiger partial charge in [-0.1, -0.05) is 11.6 Å². The Balaban J connectivity index is 2.08. The van der Waals surface area contributed by atoms with Crippen LogP contribution in [0.15, 0.2) is 18.5 Å². The number of pyridine rings is 1. The van der Waals surface area contributed by atoms with E-state index in [2.05, 4.69) is 4.98 Å². The van der Waals surface area contributed by atoms with Crippen molar-refractivity contribution in [3.63, 3.8) is 0 Å². The summed E-state index contributed by atoms with van der Waals surface area (Å²) in [6.45, 7) is 0.806. The van der Waals surface area contributed by atoms with Gasteiger partial charge >= 0.3 is 5.97 Å². The molecule has 128 valence electrons.